The van der Waals surface area contributed by atoms with Crippen LogP contribution in [0.3, 0.4) is 0 Å². The Balaban J connectivity index is 1.84. The van der Waals surface area contributed by atoms with Crippen LogP contribution in [0.25, 0.3) is 0 Å². The first-order valence-corrected chi connectivity index (χ1v) is 5.69. The van der Waals surface area contributed by atoms with Crippen molar-refractivity contribution in [2.24, 2.45) is 0 Å². The molecule has 4 heteroatoms. The molecule has 0 bridgehead atoms. The Kier molecular flexibility index (Phi) is 2.48. The third-order valence-electron chi connectivity index (χ3n) is 2.71. The predicted molar refractivity (Wildman–Crippen MR) is 63.5 cm³/mol. The van der Waals surface area contributed by atoms with Crippen LogP contribution < -0.4 is 9.47 Å². The van der Waals surface area contributed by atoms with E-state index >= 15 is 0 Å². The first kappa shape index (κ1) is 10.2. The number of benzene rings is 1. The van der Waals surface area contributed by atoms with Gasteiger partial charge in [-0.25, -0.2) is 0 Å². The second-order valence-corrected chi connectivity index (χ2v) is 4.19. The minimum absolute atomic E-state index is 0.622. The number of hydrogen-bond donors (Lipinski definition) is 0. The average Bonchev–Trinajstić information content (AvgIpc) is 2.75. The number of aryl methyl sites for hydroxylation is 1. The van der Waals surface area contributed by atoms with Crippen LogP contribution in [0, 0.1) is 6.92 Å². The van der Waals surface area contributed by atoms with Crippen LogP contribution in [0.15, 0.2) is 30.6 Å². The van der Waals surface area contributed by atoms with Crippen LogP contribution in [-0.2, 0) is 6.54 Å². The number of fused-ring (bicyclic) bond motifs is 1. The van der Waals surface area contributed by atoms with E-state index in [9.17, 15) is 0 Å². The monoisotopic (exact) mass is 230 g/mol. The molecule has 0 radical (unpaired) electrons. The average molecular weight is 230 g/mol. The fourth-order valence-electron chi connectivity index (χ4n) is 1.93. The van der Waals surface area contributed by atoms with Crippen molar-refractivity contribution in [3.63, 3.8) is 0 Å². The van der Waals surface area contributed by atoms with E-state index in [0.717, 1.165) is 23.6 Å². The van der Waals surface area contributed by atoms with Crippen LogP contribution >= 0.6 is 0 Å². The topological polar surface area (TPSA) is 36.3 Å². The van der Waals surface area contributed by atoms with Crippen molar-refractivity contribution in [1.82, 2.24) is 9.78 Å². The molecule has 1 aliphatic heterocycles. The van der Waals surface area contributed by atoms with Crippen molar-refractivity contribution in [3.8, 4) is 11.5 Å². The van der Waals surface area contributed by atoms with Gasteiger partial charge in [0.15, 0.2) is 11.5 Å². The Labute approximate surface area is 99.8 Å². The zero-order valence-electron chi connectivity index (χ0n) is 9.72. The summed E-state index contributed by atoms with van der Waals surface area (Å²) in [4.78, 5) is 0. The Morgan fingerprint density at radius 3 is 2.82 bits per heavy atom. The van der Waals surface area contributed by atoms with E-state index in [-0.39, 0.29) is 0 Å². The third-order valence-corrected chi connectivity index (χ3v) is 2.71. The molecule has 4 nitrogen and oxygen atoms in total. The van der Waals surface area contributed by atoms with Crippen LogP contribution in [0.4, 0.5) is 0 Å². The molecule has 0 spiro atoms. The first-order valence-electron chi connectivity index (χ1n) is 5.69. The summed E-state index contributed by atoms with van der Waals surface area (Å²) in [6.45, 7) is 4.04. The summed E-state index contributed by atoms with van der Waals surface area (Å²) < 4.78 is 13.0. The molecule has 0 aliphatic carbocycles. The largest absolute Gasteiger partial charge is 0.486 e. The molecule has 0 unspecified atom stereocenters. The lowest BCUT2D eigenvalue weighted by atomic mass is 10.2. The number of nitrogens with zero attached hydrogens (tertiary/aromatic N) is 2. The van der Waals surface area contributed by atoms with Gasteiger partial charge in [0.05, 0.1) is 12.7 Å². The molecule has 17 heavy (non-hydrogen) atoms. The SMILES string of the molecule is Cc1cnn(Cc2ccc3c(c2)OCCO3)c1. The molecule has 0 atom stereocenters. The van der Waals surface area contributed by atoms with E-state index in [4.69, 9.17) is 9.47 Å². The van der Waals surface area contributed by atoms with Gasteiger partial charge in [-0.05, 0) is 30.2 Å². The van der Waals surface area contributed by atoms with Gasteiger partial charge >= 0.3 is 0 Å². The molecular weight excluding hydrogens is 216 g/mol. The van der Waals surface area contributed by atoms with E-state index in [1.165, 1.54) is 5.56 Å². The molecule has 0 amide bonds. The lowest BCUT2D eigenvalue weighted by Gasteiger charge is -2.18. The van der Waals surface area contributed by atoms with Gasteiger partial charge in [0, 0.05) is 6.20 Å². The van der Waals surface area contributed by atoms with Gasteiger partial charge in [-0.3, -0.25) is 4.68 Å². The summed E-state index contributed by atoms with van der Waals surface area (Å²) in [6.07, 6.45) is 3.88. The van der Waals surface area contributed by atoms with E-state index in [1.807, 2.05) is 42.2 Å². The van der Waals surface area contributed by atoms with E-state index in [0.29, 0.717) is 13.2 Å². The highest BCUT2D eigenvalue weighted by atomic mass is 16.6. The molecule has 0 N–H and O–H groups in total. The molecule has 0 saturated heterocycles. The smallest absolute Gasteiger partial charge is 0.161 e. The Morgan fingerprint density at radius 1 is 1.24 bits per heavy atom. The quantitative estimate of drug-likeness (QED) is 0.791. The number of aromatic nitrogens is 2. The van der Waals surface area contributed by atoms with Crippen LogP contribution in [0.2, 0.25) is 0 Å². The van der Waals surface area contributed by atoms with E-state index in [2.05, 4.69) is 5.10 Å². The Bertz CT molecular complexity index is 534. The molecule has 2 heterocycles. The number of rotatable bonds is 2. The summed E-state index contributed by atoms with van der Waals surface area (Å²) in [5, 5.41) is 4.27. The van der Waals surface area contributed by atoms with Gasteiger partial charge in [-0.2, -0.15) is 5.10 Å². The zero-order chi connectivity index (χ0) is 11.7. The van der Waals surface area contributed by atoms with Gasteiger partial charge < -0.3 is 9.47 Å². The summed E-state index contributed by atoms with van der Waals surface area (Å²) >= 11 is 0. The Hall–Kier alpha value is -1.97. The maximum Gasteiger partial charge on any atom is 0.161 e. The lowest BCUT2D eigenvalue weighted by molar-refractivity contribution is 0.171. The molecule has 88 valence electrons. The van der Waals surface area contributed by atoms with Crippen molar-refractivity contribution < 1.29 is 9.47 Å². The van der Waals surface area contributed by atoms with Gasteiger partial charge in [-0.1, -0.05) is 6.07 Å². The second kappa shape index (κ2) is 4.13. The summed E-state index contributed by atoms with van der Waals surface area (Å²) in [5.41, 5.74) is 2.33. The molecule has 1 aromatic heterocycles. The highest BCUT2D eigenvalue weighted by molar-refractivity contribution is 5.43. The summed E-state index contributed by atoms with van der Waals surface area (Å²) in [6, 6.07) is 6.02. The molecule has 1 aliphatic rings. The van der Waals surface area contributed by atoms with Crippen molar-refractivity contribution >= 4 is 0 Å². The first-order chi connectivity index (χ1) is 8.31. The fourth-order valence-corrected chi connectivity index (χ4v) is 1.93. The van der Waals surface area contributed by atoms with Gasteiger partial charge in [-0.15, -0.1) is 0 Å². The standard InChI is InChI=1S/C13H14N2O2/c1-10-7-14-15(8-10)9-11-2-3-12-13(6-11)17-5-4-16-12/h2-3,6-8H,4-5,9H2,1H3. The van der Waals surface area contributed by atoms with E-state index in [1.54, 1.807) is 0 Å². The van der Waals surface area contributed by atoms with Gasteiger partial charge in [0.2, 0.25) is 0 Å². The summed E-state index contributed by atoms with van der Waals surface area (Å²) in [5.74, 6) is 1.66. The van der Waals surface area contributed by atoms with Crippen LogP contribution in [0.5, 0.6) is 11.5 Å². The van der Waals surface area contributed by atoms with Crippen LogP contribution in [0.1, 0.15) is 11.1 Å². The maximum absolute atomic E-state index is 5.55. The molecule has 1 aromatic carbocycles. The molecule has 0 saturated carbocycles. The minimum Gasteiger partial charge on any atom is -0.486 e. The van der Waals surface area contributed by atoms with E-state index < -0.39 is 0 Å². The minimum atomic E-state index is 0.622. The normalized spacial score (nSPS) is 13.7. The highest BCUT2D eigenvalue weighted by Gasteiger charge is 2.11. The second-order valence-electron chi connectivity index (χ2n) is 4.19. The third kappa shape index (κ3) is 2.11. The number of hydrogen-bond acceptors (Lipinski definition) is 3. The van der Waals surface area contributed by atoms with Crippen molar-refractivity contribution in [2.45, 2.75) is 13.5 Å². The van der Waals surface area contributed by atoms with Crippen molar-refractivity contribution in [1.29, 1.82) is 0 Å². The zero-order valence-corrected chi connectivity index (χ0v) is 9.72. The highest BCUT2D eigenvalue weighted by Crippen LogP contribution is 2.30. The predicted octanol–water partition coefficient (Wildman–Crippen LogP) is 2.01. The fraction of sp³-hybridized carbons (Fsp3) is 0.308. The van der Waals surface area contributed by atoms with Gasteiger partial charge in [0.25, 0.3) is 0 Å². The van der Waals surface area contributed by atoms with Gasteiger partial charge in [0.1, 0.15) is 13.2 Å². The van der Waals surface area contributed by atoms with Crippen molar-refractivity contribution in [3.05, 3.63) is 41.7 Å². The summed E-state index contributed by atoms with van der Waals surface area (Å²) in [7, 11) is 0. The lowest BCUT2D eigenvalue weighted by Crippen LogP contribution is -2.15. The molecular formula is C13H14N2O2. The van der Waals surface area contributed by atoms with Crippen molar-refractivity contribution in [2.75, 3.05) is 13.2 Å². The Morgan fingerprint density at radius 2 is 2.06 bits per heavy atom. The molecule has 2 aromatic rings. The molecule has 0 fully saturated rings. The molecule has 3 rings (SSSR count). The number of ether oxygens (including phenoxy) is 2. The van der Waals surface area contributed by atoms with Crippen LogP contribution in [-0.4, -0.2) is 23.0 Å². The maximum atomic E-state index is 5.55.